The standard InChI is InChI=1S/C6H5N3O/c10-6-8-4-2-1-3-7-5(4)9-6/h1-3H,(H2,7,8,9,10)/p+1. The Kier molecular flexibility index (Phi) is 0.887. The van der Waals surface area contributed by atoms with Crippen LogP contribution in [0.2, 0.25) is 0 Å². The summed E-state index contributed by atoms with van der Waals surface area (Å²) in [6.07, 6.45) is 1.76. The zero-order valence-corrected chi connectivity index (χ0v) is 5.14. The SMILES string of the molecule is O=c1[nH]c2ccc[nH+]c2[nH]1. The molecule has 0 aromatic carbocycles. The summed E-state index contributed by atoms with van der Waals surface area (Å²) < 4.78 is 0. The van der Waals surface area contributed by atoms with Gasteiger partial charge >= 0.3 is 11.3 Å². The molecule has 0 fully saturated rings. The van der Waals surface area contributed by atoms with Gasteiger partial charge in [-0.3, -0.25) is 4.98 Å². The molecule has 2 rings (SSSR count). The molecule has 0 unspecified atom stereocenters. The average Bonchev–Trinajstić information content (AvgIpc) is 2.27. The number of aromatic nitrogens is 3. The van der Waals surface area contributed by atoms with E-state index in [4.69, 9.17) is 0 Å². The fraction of sp³-hybridized carbons (Fsp3) is 0. The van der Waals surface area contributed by atoms with E-state index in [0.29, 0.717) is 0 Å². The van der Waals surface area contributed by atoms with Crippen molar-refractivity contribution >= 4 is 11.2 Å². The molecule has 0 spiro atoms. The van der Waals surface area contributed by atoms with Crippen molar-refractivity contribution in [3.63, 3.8) is 0 Å². The van der Waals surface area contributed by atoms with Crippen LogP contribution in [0.4, 0.5) is 0 Å². The van der Waals surface area contributed by atoms with Gasteiger partial charge in [-0.2, -0.15) is 4.98 Å². The van der Waals surface area contributed by atoms with Crippen LogP contribution < -0.4 is 10.7 Å². The molecular weight excluding hydrogens is 130 g/mol. The average molecular weight is 136 g/mol. The molecule has 50 valence electrons. The largest absolute Gasteiger partial charge is 0.411 e. The molecule has 0 aliphatic rings. The maximum Gasteiger partial charge on any atom is 0.411 e. The molecule has 0 saturated heterocycles. The first-order chi connectivity index (χ1) is 4.86. The van der Waals surface area contributed by atoms with Crippen molar-refractivity contribution in [1.29, 1.82) is 0 Å². The number of hydrogen-bond donors (Lipinski definition) is 2. The summed E-state index contributed by atoms with van der Waals surface area (Å²) in [7, 11) is 0. The summed E-state index contributed by atoms with van der Waals surface area (Å²) in [6.45, 7) is 0. The Morgan fingerprint density at radius 2 is 2.30 bits per heavy atom. The molecule has 0 aliphatic carbocycles. The van der Waals surface area contributed by atoms with Crippen LogP contribution in [0.5, 0.6) is 0 Å². The summed E-state index contributed by atoms with van der Waals surface area (Å²) in [5.74, 6) is 0. The summed E-state index contributed by atoms with van der Waals surface area (Å²) in [4.78, 5) is 18.8. The zero-order valence-electron chi connectivity index (χ0n) is 5.14. The Balaban J connectivity index is 3.01. The fourth-order valence-corrected chi connectivity index (χ4v) is 0.912. The normalized spacial score (nSPS) is 10.4. The predicted molar refractivity (Wildman–Crippen MR) is 35.5 cm³/mol. The Morgan fingerprint density at radius 1 is 1.40 bits per heavy atom. The van der Waals surface area contributed by atoms with Gasteiger partial charge in [-0.25, -0.2) is 9.78 Å². The second kappa shape index (κ2) is 1.70. The highest BCUT2D eigenvalue weighted by Crippen LogP contribution is 1.94. The van der Waals surface area contributed by atoms with E-state index >= 15 is 0 Å². The molecule has 0 bridgehead atoms. The number of pyridine rings is 1. The molecule has 2 heterocycles. The van der Waals surface area contributed by atoms with Crippen molar-refractivity contribution in [1.82, 2.24) is 9.97 Å². The van der Waals surface area contributed by atoms with E-state index in [1.165, 1.54) is 0 Å². The number of aromatic amines is 3. The first-order valence-corrected chi connectivity index (χ1v) is 2.95. The van der Waals surface area contributed by atoms with Gasteiger partial charge in [0.2, 0.25) is 0 Å². The van der Waals surface area contributed by atoms with Crippen LogP contribution in [-0.4, -0.2) is 9.97 Å². The molecule has 0 radical (unpaired) electrons. The first kappa shape index (κ1) is 5.22. The van der Waals surface area contributed by atoms with E-state index in [2.05, 4.69) is 15.0 Å². The Bertz CT molecular complexity index is 364. The molecule has 4 nitrogen and oxygen atoms in total. The molecule has 0 aliphatic heterocycles. The number of H-pyrrole nitrogens is 3. The van der Waals surface area contributed by atoms with E-state index in [1.807, 2.05) is 12.1 Å². The fourth-order valence-electron chi connectivity index (χ4n) is 0.912. The lowest BCUT2D eigenvalue weighted by atomic mass is 10.4. The second-order valence-corrected chi connectivity index (χ2v) is 2.04. The Hall–Kier alpha value is -1.58. The molecule has 10 heavy (non-hydrogen) atoms. The summed E-state index contributed by atoms with van der Waals surface area (Å²) in [5.41, 5.74) is 1.34. The Labute approximate surface area is 55.9 Å². The zero-order chi connectivity index (χ0) is 6.97. The monoisotopic (exact) mass is 136 g/mol. The van der Waals surface area contributed by atoms with Crippen molar-refractivity contribution in [3.8, 4) is 0 Å². The second-order valence-electron chi connectivity index (χ2n) is 2.04. The third-order valence-corrected chi connectivity index (χ3v) is 1.34. The summed E-state index contributed by atoms with van der Waals surface area (Å²) >= 11 is 0. The van der Waals surface area contributed by atoms with Crippen LogP contribution in [0.1, 0.15) is 0 Å². The minimum Gasteiger partial charge on any atom is -0.280 e. The van der Waals surface area contributed by atoms with Gasteiger partial charge in [0, 0.05) is 0 Å². The van der Waals surface area contributed by atoms with Gasteiger partial charge < -0.3 is 0 Å². The number of nitrogens with one attached hydrogen (secondary N) is 3. The highest BCUT2D eigenvalue weighted by molar-refractivity contribution is 5.65. The van der Waals surface area contributed by atoms with Crippen LogP contribution in [0.25, 0.3) is 11.2 Å². The van der Waals surface area contributed by atoms with Gasteiger partial charge in [-0.1, -0.05) is 0 Å². The molecule has 4 heteroatoms. The van der Waals surface area contributed by atoms with Gasteiger partial charge in [-0.05, 0) is 12.1 Å². The third kappa shape index (κ3) is 0.621. The van der Waals surface area contributed by atoms with Crippen molar-refractivity contribution < 1.29 is 4.98 Å². The molecule has 2 aromatic rings. The van der Waals surface area contributed by atoms with E-state index in [-0.39, 0.29) is 5.69 Å². The molecule has 0 amide bonds. The quantitative estimate of drug-likeness (QED) is 0.511. The third-order valence-electron chi connectivity index (χ3n) is 1.34. The van der Waals surface area contributed by atoms with Gasteiger partial charge in [-0.15, -0.1) is 0 Å². The summed E-state index contributed by atoms with van der Waals surface area (Å²) in [6, 6.07) is 3.65. The van der Waals surface area contributed by atoms with Crippen LogP contribution in [0.15, 0.2) is 23.1 Å². The van der Waals surface area contributed by atoms with E-state index in [9.17, 15) is 4.79 Å². The van der Waals surface area contributed by atoms with E-state index in [0.717, 1.165) is 11.2 Å². The van der Waals surface area contributed by atoms with E-state index in [1.54, 1.807) is 6.20 Å². The lowest BCUT2D eigenvalue weighted by Gasteiger charge is -1.76. The minimum absolute atomic E-state index is 0.183. The Morgan fingerprint density at radius 3 is 3.10 bits per heavy atom. The maximum absolute atomic E-state index is 10.7. The lowest BCUT2D eigenvalue weighted by molar-refractivity contribution is -0.347. The van der Waals surface area contributed by atoms with Crippen LogP contribution in [-0.2, 0) is 0 Å². The van der Waals surface area contributed by atoms with Gasteiger partial charge in [0.05, 0.1) is 6.20 Å². The van der Waals surface area contributed by atoms with E-state index < -0.39 is 0 Å². The van der Waals surface area contributed by atoms with Crippen molar-refractivity contribution in [2.75, 3.05) is 0 Å². The smallest absolute Gasteiger partial charge is 0.280 e. The van der Waals surface area contributed by atoms with Crippen molar-refractivity contribution in [3.05, 3.63) is 28.8 Å². The predicted octanol–water partition coefficient (Wildman–Crippen LogP) is -0.330. The number of fused-ring (bicyclic) bond motifs is 1. The molecule has 2 aromatic heterocycles. The van der Waals surface area contributed by atoms with Crippen LogP contribution >= 0.6 is 0 Å². The van der Waals surface area contributed by atoms with Gasteiger partial charge in [0.15, 0.2) is 0 Å². The summed E-state index contributed by atoms with van der Waals surface area (Å²) in [5, 5.41) is 0. The lowest BCUT2D eigenvalue weighted by Crippen LogP contribution is -2.04. The highest BCUT2D eigenvalue weighted by atomic mass is 16.1. The minimum atomic E-state index is -0.183. The van der Waals surface area contributed by atoms with Gasteiger partial charge in [0.1, 0.15) is 5.52 Å². The van der Waals surface area contributed by atoms with Crippen molar-refractivity contribution in [2.24, 2.45) is 0 Å². The molecule has 0 atom stereocenters. The van der Waals surface area contributed by atoms with Gasteiger partial charge in [0.25, 0.3) is 0 Å². The maximum atomic E-state index is 10.7. The van der Waals surface area contributed by atoms with Crippen molar-refractivity contribution in [2.45, 2.75) is 0 Å². The molecule has 0 saturated carbocycles. The number of hydrogen-bond acceptors (Lipinski definition) is 1. The van der Waals surface area contributed by atoms with Crippen LogP contribution in [0.3, 0.4) is 0 Å². The number of rotatable bonds is 0. The first-order valence-electron chi connectivity index (χ1n) is 2.95. The molecule has 3 N–H and O–H groups in total. The van der Waals surface area contributed by atoms with Crippen LogP contribution in [0, 0.1) is 0 Å². The number of imidazole rings is 1. The molecular formula is C6H6N3O+. The topological polar surface area (TPSA) is 62.8 Å². The highest BCUT2D eigenvalue weighted by Gasteiger charge is 2.01.